The third-order valence-corrected chi connectivity index (χ3v) is 17.2. The van der Waals surface area contributed by atoms with Crippen LogP contribution in [0.2, 0.25) is 0 Å². The van der Waals surface area contributed by atoms with Crippen LogP contribution in [0.3, 0.4) is 0 Å². The van der Waals surface area contributed by atoms with Crippen molar-refractivity contribution >= 4 is 147 Å². The van der Waals surface area contributed by atoms with E-state index in [0.717, 1.165) is 132 Å². The van der Waals surface area contributed by atoms with Crippen molar-refractivity contribution in [2.45, 2.75) is 27.7 Å². The Labute approximate surface area is 453 Å². The molecular formula is C56H56ClN13S4. The summed E-state index contributed by atoms with van der Waals surface area (Å²) >= 11 is 7.11. The number of nitrogens with zero attached hydrogens (tertiary/aromatic N) is 7. The first-order valence-electron chi connectivity index (χ1n) is 24.6. The number of anilines is 8. The van der Waals surface area contributed by atoms with Crippen molar-refractivity contribution in [1.29, 1.82) is 0 Å². The molecule has 376 valence electrons. The Kier molecular flexibility index (Phi) is 14.0. The van der Waals surface area contributed by atoms with E-state index >= 15 is 0 Å². The van der Waals surface area contributed by atoms with Crippen LogP contribution in [0.15, 0.2) is 141 Å². The van der Waals surface area contributed by atoms with Gasteiger partial charge in [-0.25, -0.2) is 20.0 Å². The Morgan fingerprint density at radius 3 is 1.26 bits per heavy atom. The summed E-state index contributed by atoms with van der Waals surface area (Å²) in [5.74, 6) is 3.82. The van der Waals surface area contributed by atoms with Crippen molar-refractivity contribution in [2.24, 2.45) is 25.7 Å². The number of nitrogens with two attached hydrogens (primary N) is 1. The highest BCUT2D eigenvalue weighted by molar-refractivity contribution is 7.17. The number of rotatable bonds is 0. The number of hydrogen-bond acceptors (Lipinski definition) is 17. The number of amidine groups is 4. The lowest BCUT2D eigenvalue weighted by atomic mass is 10.2. The van der Waals surface area contributed by atoms with Gasteiger partial charge in [-0.05, 0) is 100 Å². The van der Waals surface area contributed by atoms with E-state index in [0.29, 0.717) is 5.84 Å². The SMILES string of the molecule is Cc1cc2c(s1)Nc1ccccc1N=C2N.Cc1cc2c(s1)Nc1ccccc1N=C2N1CCN(C2=Nc3ccccc3Nc3cc(C)sc32)CC1.Cc1cc2c(s1)Nc1ccccc1N=C2N1CCNCC1.Cl. The Morgan fingerprint density at radius 1 is 0.405 bits per heavy atom. The molecule has 74 heavy (non-hydrogen) atoms. The maximum atomic E-state index is 5.99. The van der Waals surface area contributed by atoms with Gasteiger partial charge in [-0.3, -0.25) is 0 Å². The number of thiophene rings is 4. The highest BCUT2D eigenvalue weighted by atomic mass is 35.5. The van der Waals surface area contributed by atoms with E-state index in [1.54, 1.807) is 34.0 Å². The third kappa shape index (κ3) is 10.0. The molecule has 13 nitrogen and oxygen atoms in total. The minimum Gasteiger partial charge on any atom is -0.383 e. The molecule has 10 heterocycles. The van der Waals surface area contributed by atoms with Gasteiger partial charge < -0.3 is 47.0 Å². The van der Waals surface area contributed by atoms with Crippen LogP contribution >= 0.6 is 57.8 Å². The molecule has 6 aliphatic rings. The Morgan fingerprint density at radius 2 is 0.770 bits per heavy atom. The van der Waals surface area contributed by atoms with Crippen molar-refractivity contribution in [3.05, 3.63) is 162 Å². The molecule has 0 unspecified atom stereocenters. The van der Waals surface area contributed by atoms with Crippen LogP contribution in [-0.2, 0) is 0 Å². The molecule has 2 saturated heterocycles. The molecule has 6 aliphatic heterocycles. The summed E-state index contributed by atoms with van der Waals surface area (Å²) in [6.07, 6.45) is 0. The molecule has 14 rings (SSSR count). The molecule has 4 aromatic carbocycles. The second kappa shape index (κ2) is 21.1. The Balaban J connectivity index is 0.000000131. The van der Waals surface area contributed by atoms with Gasteiger partial charge in [-0.15, -0.1) is 57.8 Å². The first-order chi connectivity index (χ1) is 35.7. The van der Waals surface area contributed by atoms with E-state index in [4.69, 9.17) is 20.7 Å². The van der Waals surface area contributed by atoms with E-state index in [2.05, 4.69) is 165 Å². The van der Waals surface area contributed by atoms with Gasteiger partial charge in [0, 0.05) is 71.9 Å². The molecule has 0 saturated carbocycles. The fourth-order valence-electron chi connectivity index (χ4n) is 9.74. The molecule has 18 heteroatoms. The average Bonchev–Trinajstić information content (AvgIpc) is 4.08. The summed E-state index contributed by atoms with van der Waals surface area (Å²) in [6, 6.07) is 41.6. The second-order valence-corrected chi connectivity index (χ2v) is 23.5. The van der Waals surface area contributed by atoms with E-state index < -0.39 is 0 Å². The molecule has 4 aromatic heterocycles. The first-order valence-corrected chi connectivity index (χ1v) is 27.9. The quantitative estimate of drug-likeness (QED) is 0.0874. The summed E-state index contributed by atoms with van der Waals surface area (Å²) in [6.45, 7) is 16.2. The highest BCUT2D eigenvalue weighted by Crippen LogP contribution is 2.43. The number of para-hydroxylation sites is 8. The number of aryl methyl sites for hydroxylation is 4. The predicted octanol–water partition coefficient (Wildman–Crippen LogP) is 13.7. The van der Waals surface area contributed by atoms with Gasteiger partial charge in [0.25, 0.3) is 0 Å². The molecule has 2 fully saturated rings. The topological polar surface area (TPSA) is 145 Å². The second-order valence-electron chi connectivity index (χ2n) is 18.5. The Bertz CT molecular complexity index is 3400. The smallest absolute Gasteiger partial charge is 0.149 e. The summed E-state index contributed by atoms with van der Waals surface area (Å²) < 4.78 is 0. The molecule has 8 aromatic rings. The fourth-order valence-corrected chi connectivity index (χ4v) is 13.5. The number of hydrogen-bond donors (Lipinski definition) is 6. The monoisotopic (exact) mass is 1070 g/mol. The van der Waals surface area contributed by atoms with Crippen molar-refractivity contribution in [2.75, 3.05) is 73.6 Å². The van der Waals surface area contributed by atoms with Crippen LogP contribution in [0.1, 0.15) is 41.1 Å². The van der Waals surface area contributed by atoms with Crippen molar-refractivity contribution in [3.8, 4) is 0 Å². The fraction of sp³-hybridized carbons (Fsp3) is 0.214. The normalized spacial score (nSPS) is 15.7. The van der Waals surface area contributed by atoms with Crippen LogP contribution in [0, 0.1) is 27.7 Å². The van der Waals surface area contributed by atoms with Crippen molar-refractivity contribution in [1.82, 2.24) is 20.0 Å². The molecule has 0 radical (unpaired) electrons. The van der Waals surface area contributed by atoms with E-state index in [1.807, 2.05) is 41.7 Å². The number of aliphatic imine (C=N–C) groups is 4. The van der Waals surface area contributed by atoms with Gasteiger partial charge in [-0.1, -0.05) is 48.5 Å². The predicted molar refractivity (Wildman–Crippen MR) is 319 cm³/mol. The Hall–Kier alpha value is -6.99. The van der Waals surface area contributed by atoms with Crippen LogP contribution in [0.5, 0.6) is 0 Å². The zero-order valence-electron chi connectivity index (χ0n) is 41.5. The molecule has 7 N–H and O–H groups in total. The lowest BCUT2D eigenvalue weighted by molar-refractivity contribution is 0.260. The van der Waals surface area contributed by atoms with Crippen LogP contribution in [0.25, 0.3) is 0 Å². The van der Waals surface area contributed by atoms with E-state index in [9.17, 15) is 0 Å². The average molecular weight is 1070 g/mol. The van der Waals surface area contributed by atoms with Crippen molar-refractivity contribution < 1.29 is 0 Å². The number of nitrogens with one attached hydrogen (secondary N) is 5. The minimum atomic E-state index is 0. The number of piperazine rings is 2. The summed E-state index contributed by atoms with van der Waals surface area (Å²) in [5, 5.41) is 21.0. The zero-order valence-corrected chi connectivity index (χ0v) is 45.5. The lowest BCUT2D eigenvalue weighted by Gasteiger charge is -2.37. The maximum Gasteiger partial charge on any atom is 0.149 e. The number of benzene rings is 4. The van der Waals surface area contributed by atoms with Gasteiger partial charge in [0.05, 0.1) is 72.8 Å². The maximum absolute atomic E-state index is 5.99. The highest BCUT2D eigenvalue weighted by Gasteiger charge is 2.31. The van der Waals surface area contributed by atoms with Gasteiger partial charge >= 0.3 is 0 Å². The van der Waals surface area contributed by atoms with E-state index in [-0.39, 0.29) is 12.4 Å². The molecular weight excluding hydrogens is 1020 g/mol. The molecule has 0 amide bonds. The largest absolute Gasteiger partial charge is 0.383 e. The summed E-state index contributed by atoms with van der Waals surface area (Å²) in [7, 11) is 0. The van der Waals surface area contributed by atoms with Crippen LogP contribution in [0.4, 0.5) is 66.2 Å². The van der Waals surface area contributed by atoms with Gasteiger partial charge in [0.1, 0.15) is 38.3 Å². The first kappa shape index (κ1) is 49.2. The van der Waals surface area contributed by atoms with Crippen LogP contribution < -0.4 is 32.3 Å². The standard InChI is InChI=1S/C28H26N6S2.C16H18N4S.C12H11N3S.ClH/c1-17-15-19-26(30-22-9-5-6-10-23(22)32-28(19)36-17)33-11-13-34(14-12-33)27-25-24(16-18(2)35-25)29-20-7-3-4-8-21(20)31-27;1-11-10-12-15(20-8-6-17-7-9-20)18-13-4-2-3-5-14(13)19-16(12)21-11;1-7-6-8-11(13)14-9-4-2-3-5-10(9)15-12(8)16-7;/h3-10,15-16,29,32H,11-14H2,1-2H3;2-5,10,17,19H,6-9H2,1H3;2-6,15H,1H3,(H2,13,14);1H. The third-order valence-electron chi connectivity index (χ3n) is 13.2. The van der Waals surface area contributed by atoms with Gasteiger partial charge in [0.2, 0.25) is 0 Å². The van der Waals surface area contributed by atoms with Crippen LogP contribution in [-0.4, -0.2) is 90.4 Å². The lowest BCUT2D eigenvalue weighted by Crippen LogP contribution is -2.50. The number of fused-ring (bicyclic) bond motifs is 8. The zero-order chi connectivity index (χ0) is 49.6. The minimum absolute atomic E-state index is 0. The molecule has 0 spiro atoms. The summed E-state index contributed by atoms with van der Waals surface area (Å²) in [4.78, 5) is 33.4. The van der Waals surface area contributed by atoms with Gasteiger partial charge in [0.15, 0.2) is 0 Å². The molecule has 0 aliphatic carbocycles. The molecule has 0 atom stereocenters. The molecule has 0 bridgehead atoms. The van der Waals surface area contributed by atoms with E-state index in [1.165, 1.54) is 45.5 Å². The summed E-state index contributed by atoms with van der Waals surface area (Å²) in [5.41, 5.74) is 18.7. The number of halogens is 1. The van der Waals surface area contributed by atoms with Gasteiger partial charge in [-0.2, -0.15) is 0 Å². The van der Waals surface area contributed by atoms with Crippen molar-refractivity contribution in [3.63, 3.8) is 0 Å².